The van der Waals surface area contributed by atoms with E-state index < -0.39 is 17.3 Å². The fourth-order valence-electron chi connectivity index (χ4n) is 2.47. The van der Waals surface area contributed by atoms with Crippen LogP contribution in [0.4, 0.5) is 18.9 Å². The monoisotopic (exact) mass is 297 g/mol. The zero-order valence-corrected chi connectivity index (χ0v) is 12.1. The standard InChI is InChI=1S/C15H18F3N3/c1-14(2,11-19)21-8-6-20(7-9-21)13-5-3-4-12(10-13)15(16,17)18/h3-5,10H,6-9H2,1-2H3. The number of halogens is 3. The molecule has 21 heavy (non-hydrogen) atoms. The molecule has 1 aromatic carbocycles. The van der Waals surface area contributed by atoms with Crippen LogP contribution < -0.4 is 4.90 Å². The minimum absolute atomic E-state index is 0.542. The van der Waals surface area contributed by atoms with Crippen molar-refractivity contribution in [3.63, 3.8) is 0 Å². The van der Waals surface area contributed by atoms with E-state index in [0.29, 0.717) is 31.9 Å². The number of hydrogen-bond donors (Lipinski definition) is 0. The Morgan fingerprint density at radius 3 is 2.24 bits per heavy atom. The predicted octanol–water partition coefficient (Wildman–Crippen LogP) is 3.13. The van der Waals surface area contributed by atoms with Crippen LogP contribution >= 0.6 is 0 Å². The first kappa shape index (κ1) is 15.6. The fraction of sp³-hybridized carbons (Fsp3) is 0.533. The van der Waals surface area contributed by atoms with Gasteiger partial charge in [0.15, 0.2) is 0 Å². The third-order valence-electron chi connectivity index (χ3n) is 3.88. The Labute approximate surface area is 122 Å². The lowest BCUT2D eigenvalue weighted by molar-refractivity contribution is -0.137. The molecule has 0 aromatic heterocycles. The molecule has 1 fully saturated rings. The van der Waals surface area contributed by atoms with Crippen molar-refractivity contribution < 1.29 is 13.2 Å². The second-order valence-electron chi connectivity index (χ2n) is 5.69. The molecule has 0 aliphatic carbocycles. The Balaban J connectivity index is 2.08. The number of benzene rings is 1. The number of piperazine rings is 1. The molecule has 0 N–H and O–H groups in total. The van der Waals surface area contributed by atoms with Gasteiger partial charge in [-0.3, -0.25) is 4.90 Å². The first-order chi connectivity index (χ1) is 9.74. The zero-order chi connectivity index (χ0) is 15.7. The maximum atomic E-state index is 12.7. The Kier molecular flexibility index (Phi) is 4.15. The lowest BCUT2D eigenvalue weighted by Crippen LogP contribution is -2.54. The minimum atomic E-state index is -4.32. The smallest absolute Gasteiger partial charge is 0.369 e. The molecule has 0 radical (unpaired) electrons. The Morgan fingerprint density at radius 2 is 1.71 bits per heavy atom. The van der Waals surface area contributed by atoms with E-state index in [1.807, 2.05) is 18.7 Å². The molecule has 1 heterocycles. The molecule has 0 amide bonds. The molecular weight excluding hydrogens is 279 g/mol. The van der Waals surface area contributed by atoms with Gasteiger partial charge in [0, 0.05) is 31.9 Å². The van der Waals surface area contributed by atoms with Gasteiger partial charge in [-0.1, -0.05) is 6.07 Å². The summed E-state index contributed by atoms with van der Waals surface area (Å²) in [5.41, 5.74) is -0.584. The number of nitrogens with zero attached hydrogens (tertiary/aromatic N) is 3. The van der Waals surface area contributed by atoms with Gasteiger partial charge in [-0.15, -0.1) is 0 Å². The largest absolute Gasteiger partial charge is 0.416 e. The van der Waals surface area contributed by atoms with E-state index in [4.69, 9.17) is 5.26 Å². The Hall–Kier alpha value is -1.74. The first-order valence-corrected chi connectivity index (χ1v) is 6.82. The Bertz CT molecular complexity index is 538. The van der Waals surface area contributed by atoms with E-state index >= 15 is 0 Å². The summed E-state index contributed by atoms with van der Waals surface area (Å²) in [6.07, 6.45) is -4.32. The average molecular weight is 297 g/mol. The Morgan fingerprint density at radius 1 is 1.10 bits per heavy atom. The van der Waals surface area contributed by atoms with Crippen LogP contribution in [0.1, 0.15) is 19.4 Å². The van der Waals surface area contributed by atoms with Gasteiger partial charge >= 0.3 is 6.18 Å². The topological polar surface area (TPSA) is 30.3 Å². The molecule has 1 aliphatic heterocycles. The van der Waals surface area contributed by atoms with Gasteiger partial charge in [0.25, 0.3) is 0 Å². The minimum Gasteiger partial charge on any atom is -0.369 e. The molecule has 0 atom stereocenters. The van der Waals surface area contributed by atoms with Crippen molar-refractivity contribution in [2.24, 2.45) is 0 Å². The molecule has 114 valence electrons. The van der Waals surface area contributed by atoms with Gasteiger partial charge in [0.05, 0.1) is 11.6 Å². The van der Waals surface area contributed by atoms with Crippen LogP contribution in [-0.4, -0.2) is 36.6 Å². The second-order valence-corrected chi connectivity index (χ2v) is 5.69. The van der Waals surface area contributed by atoms with Crippen LogP contribution in [0.2, 0.25) is 0 Å². The third-order valence-corrected chi connectivity index (χ3v) is 3.88. The van der Waals surface area contributed by atoms with E-state index in [0.717, 1.165) is 6.07 Å². The van der Waals surface area contributed by atoms with E-state index in [-0.39, 0.29) is 0 Å². The molecule has 2 rings (SSSR count). The molecule has 1 aromatic rings. The van der Waals surface area contributed by atoms with E-state index in [1.165, 1.54) is 12.1 Å². The summed E-state index contributed by atoms with van der Waals surface area (Å²) in [4.78, 5) is 3.98. The number of alkyl halides is 3. The van der Waals surface area contributed by atoms with Crippen LogP contribution in [0.15, 0.2) is 24.3 Å². The van der Waals surface area contributed by atoms with Crippen molar-refractivity contribution in [3.8, 4) is 6.07 Å². The summed E-state index contributed by atoms with van der Waals surface area (Å²) >= 11 is 0. The summed E-state index contributed by atoms with van der Waals surface area (Å²) < 4.78 is 38.2. The number of anilines is 1. The highest BCUT2D eigenvalue weighted by molar-refractivity contribution is 5.49. The first-order valence-electron chi connectivity index (χ1n) is 6.82. The molecular formula is C15H18F3N3. The van der Waals surface area contributed by atoms with Crippen molar-refractivity contribution in [1.29, 1.82) is 5.26 Å². The number of rotatable bonds is 2. The number of nitriles is 1. The summed E-state index contributed by atoms with van der Waals surface area (Å²) in [6, 6.07) is 7.65. The van der Waals surface area contributed by atoms with Gasteiger partial charge in [0.1, 0.15) is 5.54 Å². The molecule has 1 aliphatic rings. The van der Waals surface area contributed by atoms with Gasteiger partial charge in [-0.05, 0) is 32.0 Å². The van der Waals surface area contributed by atoms with Gasteiger partial charge in [-0.2, -0.15) is 18.4 Å². The third kappa shape index (κ3) is 3.48. The maximum absolute atomic E-state index is 12.7. The van der Waals surface area contributed by atoms with Crippen LogP contribution in [0.25, 0.3) is 0 Å². The SMILES string of the molecule is CC(C)(C#N)N1CCN(c2cccc(C(F)(F)F)c2)CC1. The van der Waals surface area contributed by atoms with Crippen LogP contribution in [0.3, 0.4) is 0 Å². The van der Waals surface area contributed by atoms with Crippen molar-refractivity contribution >= 4 is 5.69 Å². The molecule has 0 unspecified atom stereocenters. The highest BCUT2D eigenvalue weighted by Gasteiger charge is 2.32. The second kappa shape index (κ2) is 5.57. The molecule has 0 bridgehead atoms. The van der Waals surface area contributed by atoms with Gasteiger partial charge < -0.3 is 4.90 Å². The van der Waals surface area contributed by atoms with Crippen LogP contribution in [0.5, 0.6) is 0 Å². The van der Waals surface area contributed by atoms with Crippen molar-refractivity contribution in [3.05, 3.63) is 29.8 Å². The maximum Gasteiger partial charge on any atom is 0.416 e. The zero-order valence-electron chi connectivity index (χ0n) is 12.1. The lowest BCUT2D eigenvalue weighted by Gasteiger charge is -2.41. The van der Waals surface area contributed by atoms with E-state index in [9.17, 15) is 13.2 Å². The van der Waals surface area contributed by atoms with E-state index in [1.54, 1.807) is 6.07 Å². The molecule has 3 nitrogen and oxygen atoms in total. The summed E-state index contributed by atoms with van der Waals surface area (Å²) in [7, 11) is 0. The average Bonchev–Trinajstić information content (AvgIpc) is 2.47. The highest BCUT2D eigenvalue weighted by Crippen LogP contribution is 2.32. The van der Waals surface area contributed by atoms with Gasteiger partial charge in [-0.25, -0.2) is 0 Å². The lowest BCUT2D eigenvalue weighted by atomic mass is 10.0. The van der Waals surface area contributed by atoms with Gasteiger partial charge in [0.2, 0.25) is 0 Å². The molecule has 0 saturated carbocycles. The summed E-state index contributed by atoms with van der Waals surface area (Å²) in [5, 5.41) is 9.12. The highest BCUT2D eigenvalue weighted by atomic mass is 19.4. The summed E-state index contributed by atoms with van der Waals surface area (Å²) in [6.45, 7) is 6.27. The molecule has 0 spiro atoms. The van der Waals surface area contributed by atoms with Crippen molar-refractivity contribution in [2.75, 3.05) is 31.1 Å². The normalized spacial score (nSPS) is 17.6. The fourth-order valence-corrected chi connectivity index (χ4v) is 2.47. The number of hydrogen-bond acceptors (Lipinski definition) is 3. The quantitative estimate of drug-likeness (QED) is 0.840. The predicted molar refractivity (Wildman–Crippen MR) is 74.9 cm³/mol. The van der Waals surface area contributed by atoms with E-state index in [2.05, 4.69) is 11.0 Å². The summed E-state index contributed by atoms with van der Waals surface area (Å²) in [5.74, 6) is 0. The van der Waals surface area contributed by atoms with Crippen LogP contribution in [-0.2, 0) is 6.18 Å². The molecule has 6 heteroatoms. The van der Waals surface area contributed by atoms with Crippen LogP contribution in [0, 0.1) is 11.3 Å². The molecule has 1 saturated heterocycles. The van der Waals surface area contributed by atoms with Crippen molar-refractivity contribution in [1.82, 2.24) is 4.90 Å². The van der Waals surface area contributed by atoms with Crippen molar-refractivity contribution in [2.45, 2.75) is 25.6 Å².